The van der Waals surface area contributed by atoms with E-state index in [1.165, 1.54) is 0 Å². The average Bonchev–Trinajstić information content (AvgIpc) is 2.75. The lowest BCUT2D eigenvalue weighted by Gasteiger charge is -2.33. The van der Waals surface area contributed by atoms with Crippen LogP contribution in [-0.2, 0) is 6.54 Å². The number of halogens is 1. The van der Waals surface area contributed by atoms with Crippen molar-refractivity contribution in [2.75, 3.05) is 26.2 Å². The van der Waals surface area contributed by atoms with Gasteiger partial charge in [-0.2, -0.15) is 0 Å². The number of pyridine rings is 1. The monoisotopic (exact) mass is 297 g/mol. The van der Waals surface area contributed by atoms with Gasteiger partial charge >= 0.3 is 5.69 Å². The number of piperazine rings is 1. The second-order valence-electron chi connectivity index (χ2n) is 5.02. The van der Waals surface area contributed by atoms with Crippen molar-refractivity contribution >= 4 is 18.1 Å². The normalized spacial score (nSPS) is 19.9. The fourth-order valence-electron chi connectivity index (χ4n) is 2.55. The van der Waals surface area contributed by atoms with Gasteiger partial charge in [-0.05, 0) is 19.1 Å². The molecule has 2 aromatic heterocycles. The third kappa shape index (κ3) is 2.87. The Morgan fingerprint density at radius 2 is 2.25 bits per heavy atom. The van der Waals surface area contributed by atoms with Gasteiger partial charge in [0.25, 0.3) is 0 Å². The van der Waals surface area contributed by atoms with E-state index in [9.17, 15) is 4.79 Å². The van der Waals surface area contributed by atoms with Crippen molar-refractivity contribution in [3.8, 4) is 0 Å². The molecule has 1 unspecified atom stereocenters. The molecule has 1 aliphatic heterocycles. The Labute approximate surface area is 123 Å². The van der Waals surface area contributed by atoms with Gasteiger partial charge in [0.05, 0.1) is 6.54 Å². The highest BCUT2D eigenvalue weighted by Gasteiger charge is 2.17. The van der Waals surface area contributed by atoms with Gasteiger partial charge < -0.3 is 5.32 Å². The van der Waals surface area contributed by atoms with Gasteiger partial charge in [0.15, 0.2) is 5.65 Å². The van der Waals surface area contributed by atoms with Crippen LogP contribution in [0.5, 0.6) is 0 Å². The van der Waals surface area contributed by atoms with E-state index in [2.05, 4.69) is 22.2 Å². The number of nitrogens with one attached hydrogen (secondary N) is 1. The molecule has 110 valence electrons. The van der Waals surface area contributed by atoms with Crippen LogP contribution in [-0.4, -0.2) is 51.3 Å². The minimum absolute atomic E-state index is 0. The van der Waals surface area contributed by atoms with E-state index < -0.39 is 0 Å². The maximum absolute atomic E-state index is 12.1. The van der Waals surface area contributed by atoms with Gasteiger partial charge in [-0.1, -0.05) is 6.07 Å². The van der Waals surface area contributed by atoms with Gasteiger partial charge in [0.1, 0.15) is 0 Å². The summed E-state index contributed by atoms with van der Waals surface area (Å²) in [6.45, 7) is 6.78. The van der Waals surface area contributed by atoms with Crippen molar-refractivity contribution in [2.45, 2.75) is 19.5 Å². The Morgan fingerprint density at radius 1 is 1.40 bits per heavy atom. The first-order valence-electron chi connectivity index (χ1n) is 6.75. The highest BCUT2D eigenvalue weighted by Crippen LogP contribution is 2.02. The van der Waals surface area contributed by atoms with Crippen molar-refractivity contribution in [2.24, 2.45) is 0 Å². The van der Waals surface area contributed by atoms with E-state index in [1.54, 1.807) is 15.3 Å². The lowest BCUT2D eigenvalue weighted by atomic mass is 10.2. The Bertz CT molecular complexity index is 622. The smallest absolute Gasteiger partial charge is 0.314 e. The lowest BCUT2D eigenvalue weighted by molar-refractivity contribution is 0.165. The first-order valence-corrected chi connectivity index (χ1v) is 6.75. The standard InChI is InChI=1S/C13H19N5O.ClH/c1-11-10-14-5-7-16(11)8-9-18-13(19)17-6-3-2-4-12(17)15-18;/h2-4,6,11,14H,5,7-10H2,1H3;1H. The molecule has 0 amide bonds. The SMILES string of the molecule is CC1CNCCN1CCn1nc2ccccn2c1=O.Cl. The molecular weight excluding hydrogens is 278 g/mol. The Morgan fingerprint density at radius 3 is 3.00 bits per heavy atom. The van der Waals surface area contributed by atoms with Crippen LogP contribution in [0.3, 0.4) is 0 Å². The second-order valence-corrected chi connectivity index (χ2v) is 5.02. The minimum atomic E-state index is -0.0570. The number of fused-ring (bicyclic) bond motifs is 1. The molecule has 1 fully saturated rings. The van der Waals surface area contributed by atoms with Crippen molar-refractivity contribution in [1.82, 2.24) is 24.4 Å². The van der Waals surface area contributed by atoms with Crippen molar-refractivity contribution < 1.29 is 0 Å². The van der Waals surface area contributed by atoms with E-state index in [-0.39, 0.29) is 18.1 Å². The molecule has 7 heteroatoms. The fourth-order valence-corrected chi connectivity index (χ4v) is 2.55. The lowest BCUT2D eigenvalue weighted by Crippen LogP contribution is -2.50. The molecule has 3 rings (SSSR count). The van der Waals surface area contributed by atoms with Crippen LogP contribution in [0.25, 0.3) is 5.65 Å². The average molecular weight is 298 g/mol. The Kier molecular flexibility index (Phi) is 4.80. The van der Waals surface area contributed by atoms with Crippen molar-refractivity contribution in [1.29, 1.82) is 0 Å². The highest BCUT2D eigenvalue weighted by molar-refractivity contribution is 5.85. The summed E-state index contributed by atoms with van der Waals surface area (Å²) in [6.07, 6.45) is 1.76. The zero-order valence-corrected chi connectivity index (χ0v) is 12.3. The van der Waals surface area contributed by atoms with Crippen LogP contribution in [0.2, 0.25) is 0 Å². The number of rotatable bonds is 3. The van der Waals surface area contributed by atoms with E-state index in [4.69, 9.17) is 0 Å². The van der Waals surface area contributed by atoms with Crippen LogP contribution in [0, 0.1) is 0 Å². The summed E-state index contributed by atoms with van der Waals surface area (Å²) in [5.41, 5.74) is 0.652. The Balaban J connectivity index is 0.00000147. The maximum atomic E-state index is 12.1. The summed E-state index contributed by atoms with van der Waals surface area (Å²) in [4.78, 5) is 14.5. The van der Waals surface area contributed by atoms with Crippen molar-refractivity contribution in [3.05, 3.63) is 34.9 Å². The summed E-state index contributed by atoms with van der Waals surface area (Å²) in [7, 11) is 0. The van der Waals surface area contributed by atoms with Gasteiger partial charge in [-0.15, -0.1) is 17.5 Å². The molecule has 1 N–H and O–H groups in total. The largest absolute Gasteiger partial charge is 0.350 e. The molecule has 1 atom stereocenters. The van der Waals surface area contributed by atoms with Gasteiger partial charge in [-0.25, -0.2) is 9.48 Å². The first kappa shape index (κ1) is 15.0. The molecular formula is C13H20ClN5O. The van der Waals surface area contributed by atoms with Crippen LogP contribution < -0.4 is 11.0 Å². The third-order valence-corrected chi connectivity index (χ3v) is 3.73. The summed E-state index contributed by atoms with van der Waals surface area (Å²) in [5, 5.41) is 7.71. The van der Waals surface area contributed by atoms with Crippen LogP contribution in [0.1, 0.15) is 6.92 Å². The molecule has 1 saturated heterocycles. The predicted octanol–water partition coefficient (Wildman–Crippen LogP) is 0.211. The number of aromatic nitrogens is 3. The molecule has 0 bridgehead atoms. The van der Waals surface area contributed by atoms with Gasteiger partial charge in [-0.3, -0.25) is 9.30 Å². The molecule has 0 spiro atoms. The molecule has 0 radical (unpaired) electrons. The topological polar surface area (TPSA) is 54.6 Å². The number of hydrogen-bond acceptors (Lipinski definition) is 4. The zero-order chi connectivity index (χ0) is 13.2. The van der Waals surface area contributed by atoms with Gasteiger partial charge in [0, 0.05) is 38.4 Å². The molecule has 3 heterocycles. The molecule has 0 aliphatic carbocycles. The third-order valence-electron chi connectivity index (χ3n) is 3.73. The summed E-state index contributed by atoms with van der Waals surface area (Å²) >= 11 is 0. The minimum Gasteiger partial charge on any atom is -0.314 e. The summed E-state index contributed by atoms with van der Waals surface area (Å²) < 4.78 is 3.14. The van der Waals surface area contributed by atoms with Crippen LogP contribution in [0.15, 0.2) is 29.2 Å². The molecule has 0 aromatic carbocycles. The highest BCUT2D eigenvalue weighted by atomic mass is 35.5. The van der Waals surface area contributed by atoms with Crippen LogP contribution in [0.4, 0.5) is 0 Å². The summed E-state index contributed by atoms with van der Waals surface area (Å²) in [6, 6.07) is 6.11. The zero-order valence-electron chi connectivity index (χ0n) is 11.5. The molecule has 1 aliphatic rings. The molecule has 20 heavy (non-hydrogen) atoms. The van der Waals surface area contributed by atoms with E-state index in [1.807, 2.05) is 18.2 Å². The second kappa shape index (κ2) is 6.39. The Hall–Kier alpha value is -1.37. The molecule has 0 saturated carbocycles. The predicted molar refractivity (Wildman–Crippen MR) is 80.6 cm³/mol. The van der Waals surface area contributed by atoms with Gasteiger partial charge in [0.2, 0.25) is 0 Å². The van der Waals surface area contributed by atoms with E-state index in [0.717, 1.165) is 26.2 Å². The maximum Gasteiger partial charge on any atom is 0.350 e. The fraction of sp³-hybridized carbons (Fsp3) is 0.538. The number of nitrogens with zero attached hydrogens (tertiary/aromatic N) is 4. The quantitative estimate of drug-likeness (QED) is 0.880. The first-order chi connectivity index (χ1) is 9.25. The summed E-state index contributed by atoms with van der Waals surface area (Å²) in [5.74, 6) is 0. The van der Waals surface area contributed by atoms with Crippen LogP contribution >= 0.6 is 12.4 Å². The molecule has 2 aromatic rings. The molecule has 6 nitrogen and oxygen atoms in total. The number of hydrogen-bond donors (Lipinski definition) is 1. The van der Waals surface area contributed by atoms with E-state index in [0.29, 0.717) is 18.2 Å². The van der Waals surface area contributed by atoms with E-state index >= 15 is 0 Å². The van der Waals surface area contributed by atoms with Crippen molar-refractivity contribution in [3.63, 3.8) is 0 Å².